The summed E-state index contributed by atoms with van der Waals surface area (Å²) in [6, 6.07) is 0. The van der Waals surface area contributed by atoms with Gasteiger partial charge in [-0.2, -0.15) is 0 Å². The van der Waals surface area contributed by atoms with E-state index in [9.17, 15) is 0 Å². The molecule has 0 aromatic heterocycles. The Morgan fingerprint density at radius 3 is 2.25 bits per heavy atom. The van der Waals surface area contributed by atoms with Gasteiger partial charge in [0, 0.05) is 0 Å². The van der Waals surface area contributed by atoms with Gasteiger partial charge in [0.25, 0.3) is 0 Å². The third-order valence-electron chi connectivity index (χ3n) is 0.1000. The normalized spacial score (nSPS) is 7.50. The van der Waals surface area contributed by atoms with Crippen LogP contribution in [0.4, 0.5) is 0 Å². The van der Waals surface area contributed by atoms with Crippen molar-refractivity contribution in [2.75, 3.05) is 13.2 Å². The largest absolute Gasteiger partial charge is 1.56 e. The van der Waals surface area contributed by atoms with Crippen molar-refractivity contribution in [3.8, 4) is 0 Å². The Morgan fingerprint density at radius 1 is 2.00 bits per heavy atom. The molecular formula is C2H8NO+. The van der Waals surface area contributed by atoms with Crippen LogP contribution < -0.4 is 0 Å². The summed E-state index contributed by atoms with van der Waals surface area (Å²) in [6.45, 7) is -0.250. The molecule has 0 amide bonds. The minimum absolute atomic E-state index is 0. The van der Waals surface area contributed by atoms with Crippen molar-refractivity contribution in [1.29, 1.82) is 0 Å². The van der Waals surface area contributed by atoms with E-state index >= 15 is 0 Å². The number of hydrogen-bond acceptors (Lipinski definition) is 1. The molecule has 0 rings (SSSR count). The molecule has 0 saturated heterocycles. The minimum atomic E-state index is -0.125. The molecule has 4 heavy (non-hydrogen) atoms. The second-order valence-electron chi connectivity index (χ2n) is 0.447. The minimum Gasteiger partial charge on any atom is -1.56 e. The predicted molar refractivity (Wildman–Crippen MR) is 18.6 cm³/mol. The first-order chi connectivity index (χ1) is 1.91. The van der Waals surface area contributed by atoms with Gasteiger partial charge in [0.1, 0.15) is 0 Å². The molecule has 0 spiro atoms. The zero-order valence-electron chi connectivity index (χ0n) is 5.31. The maximum Gasteiger partial charge on any atom is 1.00 e. The van der Waals surface area contributed by atoms with Crippen LogP contribution >= 0.6 is 0 Å². The van der Waals surface area contributed by atoms with E-state index in [1.54, 1.807) is 0 Å². The van der Waals surface area contributed by atoms with Gasteiger partial charge in [0.05, 0.1) is 0 Å². The van der Waals surface area contributed by atoms with Crippen molar-refractivity contribution < 1.29 is 9.39 Å². The Labute approximate surface area is 29.7 Å². The van der Waals surface area contributed by atoms with Gasteiger partial charge >= 0.3 is 4.28 Å². The topological polar surface area (TPSA) is 42.5 Å². The number of nitrogens with zero attached hydrogens (tertiary/aromatic N) is 1. The Hall–Kier alpha value is -0.0800. The highest BCUT2D eigenvalue weighted by molar-refractivity contribution is 4.42. The van der Waals surface area contributed by atoms with E-state index in [1.807, 2.05) is 0 Å². The monoisotopic (exact) mass is 62.1 g/mol. The number of aliphatic hydroxyl groups is 1. The molecule has 0 atom stereocenters. The lowest BCUT2D eigenvalue weighted by Gasteiger charge is -2.27. The Kier molecular flexibility index (Phi) is 2.86. The van der Waals surface area contributed by atoms with Gasteiger partial charge in [0.2, 0.25) is 0 Å². The lowest BCUT2D eigenvalue weighted by Crippen LogP contribution is -1.78. The summed E-state index contributed by atoms with van der Waals surface area (Å²) < 4.78 is 0. The van der Waals surface area contributed by atoms with Crippen LogP contribution in [0.2, 0.25) is 0 Å². The smallest absolute Gasteiger partial charge is 1.00 e. The van der Waals surface area contributed by atoms with E-state index in [1.165, 1.54) is 0 Å². The summed E-state index contributed by atoms with van der Waals surface area (Å²) in [5, 5.41) is 7.62. The van der Waals surface area contributed by atoms with E-state index in [0.29, 0.717) is 0 Å². The highest BCUT2D eigenvalue weighted by Crippen LogP contribution is 1.50. The van der Waals surface area contributed by atoms with Crippen molar-refractivity contribution in [2.45, 2.75) is 0 Å². The van der Waals surface area contributed by atoms with Gasteiger partial charge in [-0.25, -0.2) is 0 Å². The first-order valence-corrected chi connectivity index (χ1v) is 1.13. The van der Waals surface area contributed by atoms with Crippen LogP contribution in [0.15, 0.2) is 0 Å². The quantitative estimate of drug-likeness (QED) is 0.461. The van der Waals surface area contributed by atoms with Gasteiger partial charge in [-0.1, -0.05) is 0 Å². The summed E-state index contributed by atoms with van der Waals surface area (Å²) in [6.07, 6.45) is 0. The van der Waals surface area contributed by atoms with Gasteiger partial charge in [-0.15, -0.1) is 0 Å². The summed E-state index contributed by atoms with van der Waals surface area (Å²) in [5.74, 6) is 0. The van der Waals surface area contributed by atoms with E-state index in [0.717, 1.165) is 0 Å². The third-order valence-corrected chi connectivity index (χ3v) is 0.1000. The van der Waals surface area contributed by atoms with Crippen LogP contribution in [0, 0.1) is 0 Å². The molecule has 2 nitrogen and oxygen atoms in total. The van der Waals surface area contributed by atoms with Gasteiger partial charge in [0.15, 0.2) is 0 Å². The van der Waals surface area contributed by atoms with Crippen LogP contribution in [0.25, 0.3) is 5.73 Å². The Bertz CT molecular complexity index is 14.9. The summed E-state index contributed by atoms with van der Waals surface area (Å²) in [5.41, 5.74) is 7.62. The zero-order valence-corrected chi connectivity index (χ0v) is 2.31. The number of aliphatic hydroxyl groups excluding tert-OH is 1. The first-order valence-electron chi connectivity index (χ1n) is 1.13. The maximum atomic E-state index is 7.62. The summed E-state index contributed by atoms with van der Waals surface area (Å²) in [4.78, 5) is 0. The average Bonchev–Trinajstić information content (AvgIpc) is 1.37. The number of hydrogen-bond donors (Lipinski definition) is 1. The molecule has 26 valence electrons. The molecule has 0 bridgehead atoms. The molecule has 1 N–H and O–H groups in total. The fraction of sp³-hybridized carbons (Fsp3) is 1.00. The zero-order chi connectivity index (χ0) is 3.41. The predicted octanol–water partition coefficient (Wildman–Crippen LogP) is 0.154. The third kappa shape index (κ3) is 1.92. The lowest BCUT2D eigenvalue weighted by atomic mass is 10.8. The van der Waals surface area contributed by atoms with Crippen molar-refractivity contribution in [2.24, 2.45) is 0 Å². The second kappa shape index (κ2) is 2.92. The van der Waals surface area contributed by atoms with Gasteiger partial charge < -0.3 is 10.8 Å². The maximum absolute atomic E-state index is 7.62. The van der Waals surface area contributed by atoms with Crippen LogP contribution in [-0.2, 0) is 0 Å². The molecule has 0 heterocycles. The first kappa shape index (κ1) is 3.92. The summed E-state index contributed by atoms with van der Waals surface area (Å²) >= 11 is 0. The molecule has 0 aliphatic rings. The van der Waals surface area contributed by atoms with Gasteiger partial charge in [-0.3, -0.25) is 6.54 Å². The van der Waals surface area contributed by atoms with Crippen molar-refractivity contribution >= 4 is 0 Å². The Morgan fingerprint density at radius 2 is 2.25 bits per heavy atom. The standard InChI is InChI=1S/C2H5NO/c3-1-2-4/h4H,1-2H2/q-2/p+3. The highest BCUT2D eigenvalue weighted by Gasteiger charge is 1.34. The molecule has 0 aromatic carbocycles. The molecule has 0 radical (unpaired) electrons. The molecule has 2 heteroatoms. The molecule has 0 fully saturated rings. The van der Waals surface area contributed by atoms with E-state index in [-0.39, 0.29) is 17.4 Å². The molecule has 0 unspecified atom stereocenters. The number of rotatable bonds is 1. The molecule has 0 saturated carbocycles. The summed E-state index contributed by atoms with van der Waals surface area (Å²) in [7, 11) is 0. The van der Waals surface area contributed by atoms with Crippen LogP contribution in [0.3, 0.4) is 0 Å². The van der Waals surface area contributed by atoms with Crippen molar-refractivity contribution in [1.82, 2.24) is 0 Å². The van der Waals surface area contributed by atoms with Crippen LogP contribution in [0.5, 0.6) is 0 Å². The molecule has 0 aliphatic carbocycles. The fourth-order valence-electron chi connectivity index (χ4n) is 0. The van der Waals surface area contributed by atoms with Crippen molar-refractivity contribution in [3.05, 3.63) is 5.73 Å². The average molecular weight is 62.1 g/mol. The highest BCUT2D eigenvalue weighted by atomic mass is 16.3. The molecule has 0 aliphatic heterocycles. The van der Waals surface area contributed by atoms with Gasteiger partial charge in [-0.05, 0) is 6.61 Å². The Balaban J connectivity index is -0.0000000150. The van der Waals surface area contributed by atoms with Crippen LogP contribution in [0.1, 0.15) is 4.28 Å². The van der Waals surface area contributed by atoms with Crippen molar-refractivity contribution in [3.63, 3.8) is 0 Å². The fourth-order valence-corrected chi connectivity index (χ4v) is 0. The van der Waals surface area contributed by atoms with E-state index < -0.39 is 0 Å². The molecular weight excluding hydrogens is 54.0 g/mol. The van der Waals surface area contributed by atoms with E-state index in [4.69, 9.17) is 10.8 Å². The lowest BCUT2D eigenvalue weighted by molar-refractivity contribution is 0.315. The second-order valence-corrected chi connectivity index (χ2v) is 0.447. The van der Waals surface area contributed by atoms with Crippen LogP contribution in [-0.4, -0.2) is 18.3 Å². The SMILES string of the molecule is [H+].[H+].[H+].[N-2]CCO. The molecule has 0 aromatic rings. The van der Waals surface area contributed by atoms with E-state index in [2.05, 4.69) is 0 Å².